The zero-order valence-electron chi connectivity index (χ0n) is 12.5. The number of rotatable bonds is 4. The summed E-state index contributed by atoms with van der Waals surface area (Å²) in [5, 5.41) is 0. The van der Waals surface area contributed by atoms with Gasteiger partial charge in [-0.05, 0) is 49.5 Å². The topological polar surface area (TPSA) is 43.4 Å². The smallest absolute Gasteiger partial charge is 0.380 e. The Morgan fingerprint density at radius 3 is 2.64 bits per heavy atom. The fourth-order valence-corrected chi connectivity index (χ4v) is 5.12. The van der Waals surface area contributed by atoms with Crippen molar-refractivity contribution in [1.29, 1.82) is 0 Å². The van der Waals surface area contributed by atoms with Gasteiger partial charge in [-0.3, -0.25) is 0 Å². The normalized spacial score (nSPS) is 34.0. The summed E-state index contributed by atoms with van der Waals surface area (Å²) in [4.78, 5) is 0. The minimum atomic E-state index is -5.59. The van der Waals surface area contributed by atoms with Gasteiger partial charge in [0.2, 0.25) is 0 Å². The molecule has 0 heterocycles. The monoisotopic (exact) mass is 452 g/mol. The van der Waals surface area contributed by atoms with E-state index in [1.165, 1.54) is 6.08 Å². The number of fused-ring (bicyclic) bond motifs is 1. The summed E-state index contributed by atoms with van der Waals surface area (Å²) in [6, 6.07) is 0. The molecule has 2 rings (SSSR count). The van der Waals surface area contributed by atoms with Gasteiger partial charge < -0.3 is 4.18 Å². The molecule has 0 radical (unpaired) electrons. The maximum Gasteiger partial charge on any atom is 0.534 e. The average molecular weight is 452 g/mol. The van der Waals surface area contributed by atoms with Gasteiger partial charge in [0.15, 0.2) is 0 Å². The molecule has 1 unspecified atom stereocenters. The lowest BCUT2D eigenvalue weighted by molar-refractivity contribution is -0.0540. The summed E-state index contributed by atoms with van der Waals surface area (Å²) in [5.74, 6) is 1.04. The Morgan fingerprint density at radius 2 is 2.09 bits per heavy atom. The van der Waals surface area contributed by atoms with E-state index in [2.05, 4.69) is 33.7 Å². The predicted molar refractivity (Wildman–Crippen MR) is 85.7 cm³/mol. The van der Waals surface area contributed by atoms with Gasteiger partial charge in [-0.1, -0.05) is 36.4 Å². The van der Waals surface area contributed by atoms with Crippen molar-refractivity contribution in [3.05, 3.63) is 11.8 Å². The highest BCUT2D eigenvalue weighted by Gasteiger charge is 2.55. The second-order valence-electron chi connectivity index (χ2n) is 6.49. The van der Waals surface area contributed by atoms with E-state index in [0.29, 0.717) is 24.7 Å². The molecule has 128 valence electrons. The molecule has 0 aromatic rings. The van der Waals surface area contributed by atoms with Crippen LogP contribution in [0.1, 0.15) is 39.5 Å². The molecule has 2 aliphatic carbocycles. The molecule has 0 aromatic carbocycles. The largest absolute Gasteiger partial charge is 0.534 e. The van der Waals surface area contributed by atoms with Gasteiger partial charge in [0.05, 0.1) is 0 Å². The minimum Gasteiger partial charge on any atom is -0.380 e. The first-order chi connectivity index (χ1) is 10.0. The standard InChI is InChI=1S/C14H20F3IO3S/c1-9(8-18)10-6-7-13(2)11(10)4-3-5-12(13)21-22(19,20)14(15,16)17/h5,9-11H,3-4,6-8H2,1-2H3/t9-,10+,11?,13-/m1/s1. The Kier molecular flexibility index (Phi) is 5.12. The summed E-state index contributed by atoms with van der Waals surface area (Å²) in [6.45, 7) is 3.99. The van der Waals surface area contributed by atoms with E-state index in [9.17, 15) is 21.6 Å². The van der Waals surface area contributed by atoms with E-state index in [0.717, 1.165) is 17.3 Å². The molecule has 8 heteroatoms. The van der Waals surface area contributed by atoms with Crippen LogP contribution in [0.4, 0.5) is 13.2 Å². The molecular weight excluding hydrogens is 432 g/mol. The number of allylic oxidation sites excluding steroid dienone is 2. The summed E-state index contributed by atoms with van der Waals surface area (Å²) in [5.41, 5.74) is -5.99. The van der Waals surface area contributed by atoms with Crippen molar-refractivity contribution >= 4 is 32.7 Å². The molecule has 0 N–H and O–H groups in total. The Balaban J connectivity index is 2.27. The van der Waals surface area contributed by atoms with Crippen molar-refractivity contribution in [3.63, 3.8) is 0 Å². The van der Waals surface area contributed by atoms with Gasteiger partial charge in [0.1, 0.15) is 5.76 Å². The number of halogens is 4. The van der Waals surface area contributed by atoms with Gasteiger partial charge in [-0.2, -0.15) is 21.6 Å². The van der Waals surface area contributed by atoms with Crippen LogP contribution in [0.2, 0.25) is 0 Å². The molecule has 0 spiro atoms. The second-order valence-corrected chi connectivity index (χ2v) is 8.91. The van der Waals surface area contributed by atoms with Crippen LogP contribution < -0.4 is 0 Å². The van der Waals surface area contributed by atoms with Gasteiger partial charge >= 0.3 is 15.6 Å². The third-order valence-corrected chi connectivity index (χ3v) is 7.51. The van der Waals surface area contributed by atoms with Crippen LogP contribution in [-0.4, -0.2) is 18.4 Å². The van der Waals surface area contributed by atoms with E-state index in [4.69, 9.17) is 0 Å². The SMILES string of the molecule is C[C@H](CI)[C@@H]1CC[C@@]2(C)C(OS(=O)(=O)C(F)(F)F)=CCCC12. The third kappa shape index (κ3) is 3.14. The van der Waals surface area contributed by atoms with Crippen LogP contribution in [0.15, 0.2) is 11.8 Å². The average Bonchev–Trinajstić information content (AvgIpc) is 2.75. The fourth-order valence-electron chi connectivity index (χ4n) is 3.88. The van der Waals surface area contributed by atoms with Crippen molar-refractivity contribution in [2.24, 2.45) is 23.2 Å². The van der Waals surface area contributed by atoms with Crippen molar-refractivity contribution in [2.45, 2.75) is 45.0 Å². The molecule has 2 aliphatic rings. The predicted octanol–water partition coefficient (Wildman–Crippen LogP) is 4.63. The molecule has 4 atom stereocenters. The Morgan fingerprint density at radius 1 is 1.45 bits per heavy atom. The lowest BCUT2D eigenvalue weighted by Crippen LogP contribution is -2.36. The maximum absolute atomic E-state index is 12.6. The zero-order chi connectivity index (χ0) is 16.8. The van der Waals surface area contributed by atoms with Crippen molar-refractivity contribution in [1.82, 2.24) is 0 Å². The lowest BCUT2D eigenvalue weighted by Gasteiger charge is -2.39. The number of alkyl halides is 4. The zero-order valence-corrected chi connectivity index (χ0v) is 15.5. The summed E-state index contributed by atoms with van der Waals surface area (Å²) in [6.07, 6.45) is 4.53. The quantitative estimate of drug-likeness (QED) is 0.270. The van der Waals surface area contributed by atoms with Gasteiger partial charge in [-0.15, -0.1) is 0 Å². The first-order valence-electron chi connectivity index (χ1n) is 7.30. The first-order valence-corrected chi connectivity index (χ1v) is 10.2. The van der Waals surface area contributed by atoms with Crippen LogP contribution >= 0.6 is 22.6 Å². The maximum atomic E-state index is 12.6. The van der Waals surface area contributed by atoms with Gasteiger partial charge in [0, 0.05) is 9.84 Å². The van der Waals surface area contributed by atoms with Crippen LogP contribution in [0.5, 0.6) is 0 Å². The molecule has 1 saturated carbocycles. The highest BCUT2D eigenvalue weighted by molar-refractivity contribution is 14.1. The van der Waals surface area contributed by atoms with Crippen LogP contribution in [0.25, 0.3) is 0 Å². The van der Waals surface area contributed by atoms with Gasteiger partial charge in [0.25, 0.3) is 0 Å². The summed E-state index contributed by atoms with van der Waals surface area (Å²) < 4.78 is 65.9. The van der Waals surface area contributed by atoms with Crippen molar-refractivity contribution < 1.29 is 25.8 Å². The van der Waals surface area contributed by atoms with Crippen molar-refractivity contribution in [3.8, 4) is 0 Å². The highest BCUT2D eigenvalue weighted by Crippen LogP contribution is 2.58. The highest BCUT2D eigenvalue weighted by atomic mass is 127. The van der Waals surface area contributed by atoms with Gasteiger partial charge in [-0.25, -0.2) is 0 Å². The van der Waals surface area contributed by atoms with E-state index < -0.39 is 21.0 Å². The van der Waals surface area contributed by atoms with E-state index >= 15 is 0 Å². The molecule has 0 aromatic heterocycles. The molecule has 22 heavy (non-hydrogen) atoms. The summed E-state index contributed by atoms with van der Waals surface area (Å²) in [7, 11) is -5.59. The molecule has 0 saturated heterocycles. The van der Waals surface area contributed by atoms with Crippen LogP contribution in [-0.2, 0) is 14.3 Å². The summed E-state index contributed by atoms with van der Waals surface area (Å²) >= 11 is 2.32. The molecule has 0 bridgehead atoms. The molecule has 0 aliphatic heterocycles. The van der Waals surface area contributed by atoms with E-state index in [-0.39, 0.29) is 11.7 Å². The fraction of sp³-hybridized carbons (Fsp3) is 0.857. The first kappa shape index (κ1) is 18.4. The lowest BCUT2D eigenvalue weighted by atomic mass is 9.68. The van der Waals surface area contributed by atoms with Crippen molar-refractivity contribution in [2.75, 3.05) is 4.43 Å². The van der Waals surface area contributed by atoms with Crippen LogP contribution in [0.3, 0.4) is 0 Å². The minimum absolute atomic E-state index is 0.00997. The molecule has 3 nitrogen and oxygen atoms in total. The Labute approximate surface area is 142 Å². The third-order valence-electron chi connectivity index (χ3n) is 5.16. The second kappa shape index (κ2) is 6.14. The number of hydrogen-bond donors (Lipinski definition) is 0. The Hall–Kier alpha value is 0.0100. The molecular formula is C14H20F3IO3S. The van der Waals surface area contributed by atoms with E-state index in [1.54, 1.807) is 0 Å². The molecule has 1 fully saturated rings. The molecule has 0 amide bonds. The van der Waals surface area contributed by atoms with Crippen LogP contribution in [0, 0.1) is 23.2 Å². The number of hydrogen-bond acceptors (Lipinski definition) is 3. The Bertz CT molecular complexity index is 558. The van der Waals surface area contributed by atoms with E-state index in [1.807, 2.05) is 6.92 Å².